The Labute approximate surface area is 80.5 Å². The molecule has 1 rings (SSSR count). The maximum Gasteiger partial charge on any atom is 0.102 e. The first-order valence-electron chi connectivity index (χ1n) is 5.27. The van der Waals surface area contributed by atoms with E-state index >= 15 is 0 Å². The molecule has 0 radical (unpaired) electrons. The summed E-state index contributed by atoms with van der Waals surface area (Å²) in [5.74, 6) is 0. The summed E-state index contributed by atoms with van der Waals surface area (Å²) in [7, 11) is 0. The van der Waals surface area contributed by atoms with Crippen LogP contribution >= 0.6 is 0 Å². The Bertz CT molecular complexity index is 131. The van der Waals surface area contributed by atoms with Crippen LogP contribution in [-0.4, -0.2) is 43.3 Å². The van der Waals surface area contributed by atoms with Gasteiger partial charge in [0.15, 0.2) is 0 Å². The predicted octanol–water partition coefficient (Wildman–Crippen LogP) is 1.42. The summed E-state index contributed by atoms with van der Waals surface area (Å²) in [6.45, 7) is 7.05. The van der Waals surface area contributed by atoms with E-state index in [1.165, 1.54) is 0 Å². The van der Waals surface area contributed by atoms with Gasteiger partial charge in [0, 0.05) is 18.6 Å². The van der Waals surface area contributed by atoms with E-state index < -0.39 is 0 Å². The van der Waals surface area contributed by atoms with Crippen molar-refractivity contribution in [1.82, 2.24) is 10.2 Å². The number of alkyl halides is 1. The van der Waals surface area contributed by atoms with Gasteiger partial charge >= 0.3 is 0 Å². The van der Waals surface area contributed by atoms with E-state index in [0.29, 0.717) is 18.6 Å². The second-order valence-corrected chi connectivity index (χ2v) is 4.05. The highest BCUT2D eigenvalue weighted by Gasteiger charge is 2.19. The van der Waals surface area contributed by atoms with Crippen LogP contribution in [0.15, 0.2) is 0 Å². The van der Waals surface area contributed by atoms with Crippen LogP contribution in [0.4, 0.5) is 4.39 Å². The Morgan fingerprint density at radius 2 is 2.00 bits per heavy atom. The molecular formula is C10H21FN2. The highest BCUT2D eigenvalue weighted by Crippen LogP contribution is 2.12. The monoisotopic (exact) mass is 188 g/mol. The third-order valence-corrected chi connectivity index (χ3v) is 2.79. The minimum absolute atomic E-state index is 0.246. The van der Waals surface area contributed by atoms with Crippen molar-refractivity contribution < 1.29 is 4.39 Å². The molecule has 1 aliphatic heterocycles. The molecule has 2 nitrogen and oxygen atoms in total. The Balaban J connectivity index is 2.15. The van der Waals surface area contributed by atoms with Crippen LogP contribution in [-0.2, 0) is 0 Å². The van der Waals surface area contributed by atoms with E-state index in [1.54, 1.807) is 0 Å². The molecule has 1 fully saturated rings. The first kappa shape index (κ1) is 10.9. The first-order valence-corrected chi connectivity index (χ1v) is 5.27. The van der Waals surface area contributed by atoms with Gasteiger partial charge < -0.3 is 10.2 Å². The van der Waals surface area contributed by atoms with Crippen LogP contribution in [0.2, 0.25) is 0 Å². The number of piperidine rings is 1. The van der Waals surface area contributed by atoms with Crippen LogP contribution in [0.5, 0.6) is 0 Å². The molecule has 1 aliphatic rings. The fourth-order valence-electron chi connectivity index (χ4n) is 1.88. The minimum Gasteiger partial charge on any atom is -0.311 e. The lowest BCUT2D eigenvalue weighted by Crippen LogP contribution is -2.45. The number of hydrogen-bond acceptors (Lipinski definition) is 2. The van der Waals surface area contributed by atoms with Crippen LogP contribution in [0.1, 0.15) is 26.7 Å². The summed E-state index contributed by atoms with van der Waals surface area (Å²) in [5.41, 5.74) is 0. The molecule has 0 aliphatic carbocycles. The van der Waals surface area contributed by atoms with E-state index in [0.717, 1.165) is 25.9 Å². The maximum absolute atomic E-state index is 11.9. The highest BCUT2D eigenvalue weighted by atomic mass is 19.1. The molecule has 0 aromatic carbocycles. The van der Waals surface area contributed by atoms with Crippen molar-refractivity contribution in [3.8, 4) is 0 Å². The summed E-state index contributed by atoms with van der Waals surface area (Å²) >= 11 is 0. The van der Waals surface area contributed by atoms with E-state index in [1.807, 2.05) is 0 Å². The molecule has 0 spiro atoms. The zero-order chi connectivity index (χ0) is 9.68. The van der Waals surface area contributed by atoms with Crippen molar-refractivity contribution in [2.75, 3.05) is 26.3 Å². The Hall–Kier alpha value is -0.150. The zero-order valence-electron chi connectivity index (χ0n) is 8.72. The SMILES string of the molecule is CC(C)N1CCC(NCCF)CC1. The summed E-state index contributed by atoms with van der Waals surface area (Å²) in [5, 5.41) is 3.23. The van der Waals surface area contributed by atoms with Gasteiger partial charge in [-0.25, -0.2) is 4.39 Å². The normalized spacial score (nSPS) is 21.2. The molecule has 0 atom stereocenters. The lowest BCUT2D eigenvalue weighted by Gasteiger charge is -2.34. The number of likely N-dealkylation sites (tertiary alicyclic amines) is 1. The third-order valence-electron chi connectivity index (χ3n) is 2.79. The molecule has 13 heavy (non-hydrogen) atoms. The number of nitrogens with zero attached hydrogens (tertiary/aromatic N) is 1. The van der Waals surface area contributed by atoms with Gasteiger partial charge in [0.1, 0.15) is 6.67 Å². The number of halogens is 1. The molecule has 78 valence electrons. The molecule has 0 aromatic heterocycles. The average molecular weight is 188 g/mol. The van der Waals surface area contributed by atoms with Gasteiger partial charge in [-0.2, -0.15) is 0 Å². The maximum atomic E-state index is 11.9. The van der Waals surface area contributed by atoms with Crippen molar-refractivity contribution in [2.24, 2.45) is 0 Å². The van der Waals surface area contributed by atoms with Crippen LogP contribution in [0.3, 0.4) is 0 Å². The van der Waals surface area contributed by atoms with Gasteiger partial charge in [-0.05, 0) is 39.8 Å². The molecule has 0 bridgehead atoms. The summed E-state index contributed by atoms with van der Waals surface area (Å²) in [4.78, 5) is 2.48. The van der Waals surface area contributed by atoms with E-state index in [-0.39, 0.29) is 6.67 Å². The quantitative estimate of drug-likeness (QED) is 0.718. The topological polar surface area (TPSA) is 15.3 Å². The standard InChI is InChI=1S/C10H21FN2/c1-9(2)13-7-3-10(4-8-13)12-6-5-11/h9-10,12H,3-8H2,1-2H3. The summed E-state index contributed by atoms with van der Waals surface area (Å²) in [6.07, 6.45) is 2.33. The minimum atomic E-state index is -0.246. The average Bonchev–Trinajstić information content (AvgIpc) is 2.15. The number of rotatable bonds is 4. The van der Waals surface area contributed by atoms with Crippen LogP contribution in [0, 0.1) is 0 Å². The van der Waals surface area contributed by atoms with E-state index in [4.69, 9.17) is 0 Å². The smallest absolute Gasteiger partial charge is 0.102 e. The molecule has 3 heteroatoms. The molecule has 1 saturated heterocycles. The Kier molecular flexibility index (Phi) is 4.67. The van der Waals surface area contributed by atoms with Gasteiger partial charge in [0.25, 0.3) is 0 Å². The van der Waals surface area contributed by atoms with Crippen molar-refractivity contribution >= 4 is 0 Å². The zero-order valence-corrected chi connectivity index (χ0v) is 8.72. The lowest BCUT2D eigenvalue weighted by atomic mass is 10.0. The highest BCUT2D eigenvalue weighted by molar-refractivity contribution is 4.78. The van der Waals surface area contributed by atoms with Crippen molar-refractivity contribution in [2.45, 2.75) is 38.8 Å². The van der Waals surface area contributed by atoms with Crippen molar-refractivity contribution in [3.05, 3.63) is 0 Å². The lowest BCUT2D eigenvalue weighted by molar-refractivity contribution is 0.160. The van der Waals surface area contributed by atoms with Gasteiger partial charge in [-0.1, -0.05) is 0 Å². The molecule has 1 heterocycles. The first-order chi connectivity index (χ1) is 6.24. The number of nitrogens with one attached hydrogen (secondary N) is 1. The fraction of sp³-hybridized carbons (Fsp3) is 1.00. The Morgan fingerprint density at radius 1 is 1.38 bits per heavy atom. The second kappa shape index (κ2) is 5.55. The van der Waals surface area contributed by atoms with Gasteiger partial charge in [-0.15, -0.1) is 0 Å². The van der Waals surface area contributed by atoms with Crippen molar-refractivity contribution in [1.29, 1.82) is 0 Å². The molecular weight excluding hydrogens is 167 g/mol. The molecule has 0 aromatic rings. The largest absolute Gasteiger partial charge is 0.311 e. The molecule has 0 saturated carbocycles. The van der Waals surface area contributed by atoms with Crippen LogP contribution in [0.25, 0.3) is 0 Å². The Morgan fingerprint density at radius 3 is 2.46 bits per heavy atom. The third kappa shape index (κ3) is 3.61. The fourth-order valence-corrected chi connectivity index (χ4v) is 1.88. The summed E-state index contributed by atoms with van der Waals surface area (Å²) < 4.78 is 11.9. The summed E-state index contributed by atoms with van der Waals surface area (Å²) in [6, 6.07) is 1.20. The second-order valence-electron chi connectivity index (χ2n) is 4.05. The molecule has 1 N–H and O–H groups in total. The molecule has 0 unspecified atom stereocenters. The van der Waals surface area contributed by atoms with Crippen molar-refractivity contribution in [3.63, 3.8) is 0 Å². The van der Waals surface area contributed by atoms with Gasteiger partial charge in [0.05, 0.1) is 0 Å². The predicted molar refractivity (Wildman–Crippen MR) is 53.7 cm³/mol. The van der Waals surface area contributed by atoms with Gasteiger partial charge in [-0.3, -0.25) is 0 Å². The van der Waals surface area contributed by atoms with Crippen LogP contribution < -0.4 is 5.32 Å². The number of hydrogen-bond donors (Lipinski definition) is 1. The van der Waals surface area contributed by atoms with E-state index in [9.17, 15) is 4.39 Å². The van der Waals surface area contributed by atoms with E-state index in [2.05, 4.69) is 24.1 Å². The van der Waals surface area contributed by atoms with Gasteiger partial charge in [0.2, 0.25) is 0 Å². The molecule has 0 amide bonds.